The Hall–Kier alpha value is -1.26. The molecule has 1 aliphatic rings. The van der Waals surface area contributed by atoms with Crippen LogP contribution in [0.4, 0.5) is 4.79 Å². The minimum Gasteiger partial charge on any atom is -0.480 e. The van der Waals surface area contributed by atoms with Gasteiger partial charge in [-0.15, -0.1) is 0 Å². The van der Waals surface area contributed by atoms with Crippen molar-refractivity contribution < 1.29 is 14.7 Å². The zero-order valence-corrected chi connectivity index (χ0v) is 7.76. The van der Waals surface area contributed by atoms with Crippen molar-refractivity contribution in [3.63, 3.8) is 0 Å². The second-order valence-electron chi connectivity index (χ2n) is 3.72. The summed E-state index contributed by atoms with van der Waals surface area (Å²) in [6.07, 6.45) is 1.92. The number of rotatable bonds is 3. The van der Waals surface area contributed by atoms with Gasteiger partial charge in [0.05, 0.1) is 0 Å². The number of nitrogens with one attached hydrogen (secondary N) is 2. The molecule has 1 unspecified atom stereocenters. The lowest BCUT2D eigenvalue weighted by Gasteiger charge is -2.14. The zero-order chi connectivity index (χ0) is 10.1. The number of carbonyl (C=O) groups excluding carboxylic acids is 1. The molecule has 1 aliphatic carbocycles. The van der Waals surface area contributed by atoms with E-state index < -0.39 is 18.0 Å². The normalized spacial score (nSPS) is 20.2. The molecule has 0 saturated heterocycles. The number of carboxylic acids is 1. The van der Waals surface area contributed by atoms with Gasteiger partial charge >= 0.3 is 12.0 Å². The third kappa shape index (κ3) is 2.93. The monoisotopic (exact) mass is 186 g/mol. The maximum atomic E-state index is 11.1. The van der Waals surface area contributed by atoms with Crippen LogP contribution in [-0.4, -0.2) is 28.7 Å². The number of hydrogen-bond donors (Lipinski definition) is 3. The van der Waals surface area contributed by atoms with Crippen LogP contribution in [0, 0.1) is 0 Å². The highest BCUT2D eigenvalue weighted by atomic mass is 16.4. The Morgan fingerprint density at radius 3 is 2.38 bits per heavy atom. The van der Waals surface area contributed by atoms with E-state index in [1.165, 1.54) is 6.92 Å². The van der Waals surface area contributed by atoms with Crippen molar-refractivity contribution in [2.75, 3.05) is 0 Å². The van der Waals surface area contributed by atoms with E-state index in [2.05, 4.69) is 10.6 Å². The van der Waals surface area contributed by atoms with Crippen molar-refractivity contribution in [3.8, 4) is 0 Å². The molecule has 5 nitrogen and oxygen atoms in total. The van der Waals surface area contributed by atoms with E-state index in [0.29, 0.717) is 0 Å². The molecule has 0 aromatic rings. The van der Waals surface area contributed by atoms with Gasteiger partial charge in [0.2, 0.25) is 0 Å². The summed E-state index contributed by atoms with van der Waals surface area (Å²) in [5.74, 6) is -1.03. The highest BCUT2D eigenvalue weighted by Gasteiger charge is 2.38. The van der Waals surface area contributed by atoms with Crippen LogP contribution in [0.15, 0.2) is 0 Å². The van der Waals surface area contributed by atoms with Gasteiger partial charge < -0.3 is 15.7 Å². The lowest BCUT2D eigenvalue weighted by Crippen LogP contribution is -2.47. The van der Waals surface area contributed by atoms with Crippen molar-refractivity contribution >= 4 is 12.0 Å². The summed E-state index contributed by atoms with van der Waals surface area (Å²) in [7, 11) is 0. The van der Waals surface area contributed by atoms with E-state index in [0.717, 1.165) is 12.8 Å². The molecule has 0 spiro atoms. The lowest BCUT2D eigenvalue weighted by atomic mass is 10.3. The van der Waals surface area contributed by atoms with Gasteiger partial charge in [-0.1, -0.05) is 0 Å². The van der Waals surface area contributed by atoms with Crippen molar-refractivity contribution in [1.29, 1.82) is 0 Å². The maximum Gasteiger partial charge on any atom is 0.325 e. The average Bonchev–Trinajstić information content (AvgIpc) is 2.66. The summed E-state index contributed by atoms with van der Waals surface area (Å²) in [6.45, 7) is 3.36. The lowest BCUT2D eigenvalue weighted by molar-refractivity contribution is -0.138. The summed E-state index contributed by atoms with van der Waals surface area (Å²) >= 11 is 0. The van der Waals surface area contributed by atoms with Gasteiger partial charge in [-0.2, -0.15) is 0 Å². The van der Waals surface area contributed by atoms with Gasteiger partial charge in [0.25, 0.3) is 0 Å². The first-order chi connectivity index (χ1) is 5.93. The van der Waals surface area contributed by atoms with Crippen molar-refractivity contribution in [3.05, 3.63) is 0 Å². The molecule has 0 aromatic carbocycles. The standard InChI is InChI=1S/C8H14N2O3/c1-5(6(11)12)9-7(13)10-8(2)3-4-8/h5H,3-4H2,1-2H3,(H,11,12)(H2,9,10,13). The van der Waals surface area contributed by atoms with Crippen LogP contribution in [0.5, 0.6) is 0 Å². The number of urea groups is 1. The van der Waals surface area contributed by atoms with Gasteiger partial charge in [0.1, 0.15) is 6.04 Å². The molecular formula is C8H14N2O3. The fraction of sp³-hybridized carbons (Fsp3) is 0.750. The van der Waals surface area contributed by atoms with Gasteiger partial charge in [0.15, 0.2) is 0 Å². The van der Waals surface area contributed by atoms with Crippen LogP contribution >= 0.6 is 0 Å². The molecule has 1 rings (SSSR count). The van der Waals surface area contributed by atoms with Gasteiger partial charge in [-0.05, 0) is 26.7 Å². The summed E-state index contributed by atoms with van der Waals surface area (Å²) in [4.78, 5) is 21.5. The smallest absolute Gasteiger partial charge is 0.325 e. The third-order valence-electron chi connectivity index (χ3n) is 2.13. The Bertz CT molecular complexity index is 236. The van der Waals surface area contributed by atoms with E-state index in [1.807, 2.05) is 6.92 Å². The molecule has 1 saturated carbocycles. The minimum atomic E-state index is -1.03. The minimum absolute atomic E-state index is 0.109. The molecule has 3 N–H and O–H groups in total. The van der Waals surface area contributed by atoms with Gasteiger partial charge in [-0.25, -0.2) is 4.79 Å². The largest absolute Gasteiger partial charge is 0.480 e. The van der Waals surface area contributed by atoms with Gasteiger partial charge in [0, 0.05) is 5.54 Å². The quantitative estimate of drug-likeness (QED) is 0.593. The van der Waals surface area contributed by atoms with Crippen LogP contribution < -0.4 is 10.6 Å². The summed E-state index contributed by atoms with van der Waals surface area (Å²) in [5.41, 5.74) is -0.109. The van der Waals surface area contributed by atoms with Crippen molar-refractivity contribution in [2.24, 2.45) is 0 Å². The van der Waals surface area contributed by atoms with E-state index in [4.69, 9.17) is 5.11 Å². The number of amides is 2. The molecular weight excluding hydrogens is 172 g/mol. The summed E-state index contributed by atoms with van der Waals surface area (Å²) in [5, 5.41) is 13.5. The summed E-state index contributed by atoms with van der Waals surface area (Å²) in [6, 6.07) is -1.25. The first kappa shape index (κ1) is 9.83. The molecule has 0 aromatic heterocycles. The fourth-order valence-electron chi connectivity index (χ4n) is 0.881. The van der Waals surface area contributed by atoms with E-state index >= 15 is 0 Å². The van der Waals surface area contributed by atoms with Crippen LogP contribution in [0.3, 0.4) is 0 Å². The SMILES string of the molecule is CC(NC(=O)NC1(C)CC1)C(=O)O. The van der Waals surface area contributed by atoms with E-state index in [9.17, 15) is 9.59 Å². The highest BCUT2D eigenvalue weighted by Crippen LogP contribution is 2.33. The first-order valence-electron chi connectivity index (χ1n) is 4.24. The van der Waals surface area contributed by atoms with Gasteiger partial charge in [-0.3, -0.25) is 4.79 Å². The topological polar surface area (TPSA) is 78.4 Å². The Morgan fingerprint density at radius 1 is 1.46 bits per heavy atom. The molecule has 1 atom stereocenters. The molecule has 0 bridgehead atoms. The predicted molar refractivity (Wildman–Crippen MR) is 46.4 cm³/mol. The fourth-order valence-corrected chi connectivity index (χ4v) is 0.881. The number of carbonyl (C=O) groups is 2. The van der Waals surface area contributed by atoms with Crippen molar-refractivity contribution in [2.45, 2.75) is 38.3 Å². The molecule has 1 fully saturated rings. The second kappa shape index (κ2) is 3.24. The Morgan fingerprint density at radius 2 is 2.00 bits per heavy atom. The van der Waals surface area contributed by atoms with Crippen molar-refractivity contribution in [1.82, 2.24) is 10.6 Å². The Kier molecular flexibility index (Phi) is 2.45. The van der Waals surface area contributed by atoms with Crippen LogP contribution in [0.2, 0.25) is 0 Å². The molecule has 0 radical (unpaired) electrons. The van der Waals surface area contributed by atoms with E-state index in [1.54, 1.807) is 0 Å². The highest BCUT2D eigenvalue weighted by molar-refractivity contribution is 5.82. The molecule has 74 valence electrons. The molecule has 5 heteroatoms. The van der Waals surface area contributed by atoms with Crippen LogP contribution in [0.25, 0.3) is 0 Å². The second-order valence-corrected chi connectivity index (χ2v) is 3.72. The molecule has 0 heterocycles. The molecule has 0 aliphatic heterocycles. The first-order valence-corrected chi connectivity index (χ1v) is 4.24. The van der Waals surface area contributed by atoms with E-state index in [-0.39, 0.29) is 5.54 Å². The number of hydrogen-bond acceptors (Lipinski definition) is 2. The Labute approximate surface area is 76.5 Å². The van der Waals surface area contributed by atoms with Crippen LogP contribution in [0.1, 0.15) is 26.7 Å². The number of carboxylic acid groups (broad SMARTS) is 1. The average molecular weight is 186 g/mol. The Balaban J connectivity index is 2.28. The molecule has 13 heavy (non-hydrogen) atoms. The maximum absolute atomic E-state index is 11.1. The number of aliphatic carboxylic acids is 1. The predicted octanol–water partition coefficient (Wildman–Crippen LogP) is 0.311. The summed E-state index contributed by atoms with van der Waals surface area (Å²) < 4.78 is 0. The third-order valence-corrected chi connectivity index (χ3v) is 2.13. The zero-order valence-electron chi connectivity index (χ0n) is 7.76. The molecule has 2 amide bonds. The van der Waals surface area contributed by atoms with Crippen LogP contribution in [-0.2, 0) is 4.79 Å².